The molecular formula is C17H20FN3O2S. The molecule has 1 aromatic carbocycles. The van der Waals surface area contributed by atoms with E-state index < -0.39 is 16.0 Å². The second-order valence-corrected chi connectivity index (χ2v) is 8.82. The van der Waals surface area contributed by atoms with Gasteiger partial charge in [-0.05, 0) is 30.2 Å². The SMILES string of the molecule is CCC1(CS(=O)(=O)c2nc3n(n2)[C@H](c2ccccc2)C[C@@H]3F)CC1. The van der Waals surface area contributed by atoms with E-state index in [4.69, 9.17) is 0 Å². The zero-order chi connectivity index (χ0) is 16.9. The van der Waals surface area contributed by atoms with E-state index in [1.54, 1.807) is 0 Å². The third kappa shape index (κ3) is 2.55. The van der Waals surface area contributed by atoms with E-state index >= 15 is 0 Å². The van der Waals surface area contributed by atoms with Crippen LogP contribution in [0.25, 0.3) is 0 Å². The fourth-order valence-electron chi connectivity index (χ4n) is 3.49. The zero-order valence-electron chi connectivity index (χ0n) is 13.5. The van der Waals surface area contributed by atoms with Gasteiger partial charge in [-0.1, -0.05) is 37.3 Å². The Hall–Kier alpha value is -1.76. The molecule has 0 N–H and O–H groups in total. The molecule has 0 spiro atoms. The quantitative estimate of drug-likeness (QED) is 0.831. The minimum Gasteiger partial charge on any atom is -0.239 e. The van der Waals surface area contributed by atoms with Crippen molar-refractivity contribution in [3.63, 3.8) is 0 Å². The van der Waals surface area contributed by atoms with Gasteiger partial charge >= 0.3 is 0 Å². The Labute approximate surface area is 140 Å². The van der Waals surface area contributed by atoms with Crippen molar-refractivity contribution in [1.29, 1.82) is 0 Å². The Kier molecular flexibility index (Phi) is 3.53. The molecule has 2 aromatic rings. The predicted molar refractivity (Wildman–Crippen MR) is 87.1 cm³/mol. The van der Waals surface area contributed by atoms with Crippen molar-refractivity contribution in [3.05, 3.63) is 41.7 Å². The molecular weight excluding hydrogens is 329 g/mol. The summed E-state index contributed by atoms with van der Waals surface area (Å²) >= 11 is 0. The first kappa shape index (κ1) is 15.7. The highest BCUT2D eigenvalue weighted by molar-refractivity contribution is 7.91. The molecule has 0 amide bonds. The summed E-state index contributed by atoms with van der Waals surface area (Å²) in [7, 11) is -3.58. The van der Waals surface area contributed by atoms with Crippen LogP contribution in [-0.2, 0) is 9.84 Å². The maximum atomic E-state index is 14.4. The van der Waals surface area contributed by atoms with Crippen LogP contribution in [-0.4, -0.2) is 28.9 Å². The van der Waals surface area contributed by atoms with E-state index in [2.05, 4.69) is 10.1 Å². The fourth-order valence-corrected chi connectivity index (χ4v) is 5.36. The minimum atomic E-state index is -3.58. The first-order chi connectivity index (χ1) is 11.4. The summed E-state index contributed by atoms with van der Waals surface area (Å²) in [5.74, 6) is 0.191. The van der Waals surface area contributed by atoms with Gasteiger partial charge in [0.05, 0.1) is 11.8 Å². The molecule has 2 heterocycles. The van der Waals surface area contributed by atoms with Gasteiger partial charge in [-0.25, -0.2) is 17.5 Å². The summed E-state index contributed by atoms with van der Waals surface area (Å²) < 4.78 is 41.1. The van der Waals surface area contributed by atoms with Crippen LogP contribution in [0.15, 0.2) is 35.5 Å². The van der Waals surface area contributed by atoms with Crippen LogP contribution in [0.4, 0.5) is 4.39 Å². The lowest BCUT2D eigenvalue weighted by Gasteiger charge is -2.12. The molecule has 5 nitrogen and oxygen atoms in total. The van der Waals surface area contributed by atoms with Crippen LogP contribution in [0.1, 0.15) is 56.2 Å². The largest absolute Gasteiger partial charge is 0.267 e. The first-order valence-electron chi connectivity index (χ1n) is 8.32. The standard InChI is InChI=1S/C17H20FN3O2S/c1-2-17(8-9-17)11-24(22,23)16-19-15-13(18)10-14(21(15)20-16)12-6-4-3-5-7-12/h3-7,13-14H,2,8-11H2,1H3/t13-,14-/m0/s1. The predicted octanol–water partition coefficient (Wildman–Crippen LogP) is 3.25. The number of alkyl halides is 1. The van der Waals surface area contributed by atoms with Crippen LogP contribution < -0.4 is 0 Å². The Morgan fingerprint density at radius 3 is 2.62 bits per heavy atom. The number of sulfone groups is 1. The highest BCUT2D eigenvalue weighted by Crippen LogP contribution is 2.50. The number of aromatic nitrogens is 3. The van der Waals surface area contributed by atoms with E-state index in [-0.39, 0.29) is 34.6 Å². The number of nitrogens with zero attached hydrogens (tertiary/aromatic N) is 3. The summed E-state index contributed by atoms with van der Waals surface area (Å²) in [5, 5.41) is 3.97. The summed E-state index contributed by atoms with van der Waals surface area (Å²) in [6.07, 6.45) is 1.65. The number of benzene rings is 1. The molecule has 0 unspecified atom stereocenters. The van der Waals surface area contributed by atoms with Crippen molar-refractivity contribution >= 4 is 9.84 Å². The van der Waals surface area contributed by atoms with Crippen LogP contribution in [0.5, 0.6) is 0 Å². The number of hydrogen-bond donors (Lipinski definition) is 0. The van der Waals surface area contributed by atoms with Gasteiger partial charge in [0.25, 0.3) is 5.16 Å². The van der Waals surface area contributed by atoms with Crippen LogP contribution in [0.3, 0.4) is 0 Å². The maximum absolute atomic E-state index is 14.4. The number of hydrogen-bond acceptors (Lipinski definition) is 4. The summed E-state index contributed by atoms with van der Waals surface area (Å²) in [4.78, 5) is 4.05. The Morgan fingerprint density at radius 2 is 2.00 bits per heavy atom. The molecule has 7 heteroatoms. The van der Waals surface area contributed by atoms with Gasteiger partial charge in [0, 0.05) is 6.42 Å². The van der Waals surface area contributed by atoms with Gasteiger partial charge in [0.2, 0.25) is 9.84 Å². The van der Waals surface area contributed by atoms with Crippen molar-refractivity contribution in [3.8, 4) is 0 Å². The second kappa shape index (κ2) is 5.37. The lowest BCUT2D eigenvalue weighted by Crippen LogP contribution is -2.19. The Balaban J connectivity index is 1.68. The summed E-state index contributed by atoms with van der Waals surface area (Å²) in [5.41, 5.74) is 0.794. The van der Waals surface area contributed by atoms with Crippen molar-refractivity contribution < 1.29 is 12.8 Å². The molecule has 1 aromatic heterocycles. The molecule has 1 aliphatic carbocycles. The normalized spacial score (nSPS) is 24.8. The zero-order valence-corrected chi connectivity index (χ0v) is 14.3. The van der Waals surface area contributed by atoms with Gasteiger partial charge in [-0.2, -0.15) is 4.98 Å². The average molecular weight is 349 g/mol. The molecule has 1 aliphatic heterocycles. The summed E-state index contributed by atoms with van der Waals surface area (Å²) in [6.45, 7) is 2.01. The van der Waals surface area contributed by atoms with Crippen molar-refractivity contribution in [2.75, 3.05) is 5.75 Å². The van der Waals surface area contributed by atoms with Crippen molar-refractivity contribution in [1.82, 2.24) is 14.8 Å². The average Bonchev–Trinajstić information content (AvgIpc) is 3.06. The van der Waals surface area contributed by atoms with Gasteiger partial charge in [0.1, 0.15) is 0 Å². The van der Waals surface area contributed by atoms with Crippen molar-refractivity contribution in [2.45, 2.75) is 50.0 Å². The van der Waals surface area contributed by atoms with E-state index in [9.17, 15) is 12.8 Å². The van der Waals surface area contributed by atoms with Crippen LogP contribution in [0.2, 0.25) is 0 Å². The third-order valence-electron chi connectivity index (χ3n) is 5.31. The lowest BCUT2D eigenvalue weighted by molar-refractivity contribution is 0.326. The Morgan fingerprint density at radius 1 is 1.29 bits per heavy atom. The third-order valence-corrected chi connectivity index (χ3v) is 7.03. The van der Waals surface area contributed by atoms with Crippen LogP contribution >= 0.6 is 0 Å². The maximum Gasteiger partial charge on any atom is 0.267 e. The lowest BCUT2D eigenvalue weighted by atomic mass is 10.0. The molecule has 0 bridgehead atoms. The minimum absolute atomic E-state index is 0.0624. The smallest absolute Gasteiger partial charge is 0.239 e. The summed E-state index contributed by atoms with van der Waals surface area (Å²) in [6, 6.07) is 9.16. The Bertz CT molecular complexity index is 859. The molecule has 24 heavy (non-hydrogen) atoms. The molecule has 1 fully saturated rings. The molecule has 2 aliphatic rings. The number of fused-ring (bicyclic) bond motifs is 1. The number of rotatable bonds is 5. The molecule has 4 rings (SSSR count). The molecule has 0 radical (unpaired) electrons. The highest BCUT2D eigenvalue weighted by Gasteiger charge is 2.46. The number of halogens is 1. The fraction of sp³-hybridized carbons (Fsp3) is 0.529. The molecule has 2 atom stereocenters. The second-order valence-electron chi connectivity index (χ2n) is 6.94. The topological polar surface area (TPSA) is 64.8 Å². The monoisotopic (exact) mass is 349 g/mol. The van der Waals surface area contributed by atoms with Gasteiger partial charge in [-0.15, -0.1) is 5.10 Å². The first-order valence-corrected chi connectivity index (χ1v) is 9.98. The van der Waals surface area contributed by atoms with Crippen LogP contribution in [0, 0.1) is 5.41 Å². The molecule has 1 saturated carbocycles. The van der Waals surface area contributed by atoms with Gasteiger partial charge in [-0.3, -0.25) is 0 Å². The van der Waals surface area contributed by atoms with Gasteiger partial charge in [0.15, 0.2) is 12.0 Å². The van der Waals surface area contributed by atoms with Crippen molar-refractivity contribution in [2.24, 2.45) is 5.41 Å². The highest BCUT2D eigenvalue weighted by atomic mass is 32.2. The van der Waals surface area contributed by atoms with Gasteiger partial charge < -0.3 is 0 Å². The molecule has 128 valence electrons. The van der Waals surface area contributed by atoms with E-state index in [0.717, 1.165) is 24.8 Å². The molecule has 0 saturated heterocycles. The van der Waals surface area contributed by atoms with E-state index in [0.29, 0.717) is 0 Å². The van der Waals surface area contributed by atoms with E-state index in [1.807, 2.05) is 37.3 Å². The van der Waals surface area contributed by atoms with E-state index in [1.165, 1.54) is 4.68 Å².